The first kappa shape index (κ1) is 14.4. The van der Waals surface area contributed by atoms with Gasteiger partial charge in [0.05, 0.1) is 10.6 Å². The Morgan fingerprint density at radius 1 is 1.05 bits per heavy atom. The van der Waals surface area contributed by atoms with Gasteiger partial charge in [-0.15, -0.1) is 0 Å². The SMILES string of the molecule is O=C(NCc1ccc(F)c(Cl)c1)c1cc(F)ccc1F. The van der Waals surface area contributed by atoms with Crippen molar-refractivity contribution in [2.75, 3.05) is 0 Å². The Labute approximate surface area is 118 Å². The smallest absolute Gasteiger partial charge is 0.254 e. The molecule has 0 aromatic heterocycles. The Balaban J connectivity index is 2.08. The summed E-state index contributed by atoms with van der Waals surface area (Å²) < 4.78 is 39.3. The normalized spacial score (nSPS) is 10.4. The van der Waals surface area contributed by atoms with Crippen LogP contribution < -0.4 is 5.32 Å². The first-order valence-corrected chi connectivity index (χ1v) is 6.02. The van der Waals surface area contributed by atoms with Gasteiger partial charge in [-0.1, -0.05) is 17.7 Å². The minimum absolute atomic E-state index is 0.0226. The number of benzene rings is 2. The molecular formula is C14H9ClF3NO. The minimum Gasteiger partial charge on any atom is -0.348 e. The van der Waals surface area contributed by atoms with Gasteiger partial charge in [-0.05, 0) is 35.9 Å². The molecule has 0 aliphatic carbocycles. The zero-order chi connectivity index (χ0) is 14.7. The molecule has 0 radical (unpaired) electrons. The van der Waals surface area contributed by atoms with Gasteiger partial charge in [0.1, 0.15) is 17.5 Å². The largest absolute Gasteiger partial charge is 0.348 e. The van der Waals surface area contributed by atoms with E-state index in [1.165, 1.54) is 12.1 Å². The van der Waals surface area contributed by atoms with E-state index in [-0.39, 0.29) is 11.6 Å². The molecule has 0 aliphatic rings. The number of nitrogens with one attached hydrogen (secondary N) is 1. The first-order valence-electron chi connectivity index (χ1n) is 5.64. The van der Waals surface area contributed by atoms with Crippen molar-refractivity contribution in [1.82, 2.24) is 5.32 Å². The fourth-order valence-corrected chi connectivity index (χ4v) is 1.80. The zero-order valence-electron chi connectivity index (χ0n) is 10.1. The molecule has 20 heavy (non-hydrogen) atoms. The van der Waals surface area contributed by atoms with E-state index < -0.39 is 28.9 Å². The van der Waals surface area contributed by atoms with E-state index in [9.17, 15) is 18.0 Å². The van der Waals surface area contributed by atoms with Crippen LogP contribution in [0.3, 0.4) is 0 Å². The van der Waals surface area contributed by atoms with Crippen molar-refractivity contribution in [2.45, 2.75) is 6.54 Å². The van der Waals surface area contributed by atoms with Crippen LogP contribution in [0.15, 0.2) is 36.4 Å². The monoisotopic (exact) mass is 299 g/mol. The molecule has 0 bridgehead atoms. The van der Waals surface area contributed by atoms with Crippen LogP contribution in [0.4, 0.5) is 13.2 Å². The third kappa shape index (κ3) is 3.30. The lowest BCUT2D eigenvalue weighted by Gasteiger charge is -2.07. The molecule has 0 fully saturated rings. The molecule has 0 saturated heterocycles. The highest BCUT2D eigenvalue weighted by atomic mass is 35.5. The number of carbonyl (C=O) groups excluding carboxylic acids is 1. The van der Waals surface area contributed by atoms with Crippen LogP contribution in [0.2, 0.25) is 5.02 Å². The molecular weight excluding hydrogens is 291 g/mol. The number of rotatable bonds is 3. The van der Waals surface area contributed by atoms with Crippen LogP contribution in [0, 0.1) is 17.5 Å². The summed E-state index contributed by atoms with van der Waals surface area (Å²) in [4.78, 5) is 11.7. The molecule has 0 unspecified atom stereocenters. The van der Waals surface area contributed by atoms with Crippen LogP contribution >= 0.6 is 11.6 Å². The summed E-state index contributed by atoms with van der Waals surface area (Å²) in [5.74, 6) is -2.86. The summed E-state index contributed by atoms with van der Waals surface area (Å²) in [6.07, 6.45) is 0. The van der Waals surface area contributed by atoms with Gasteiger partial charge >= 0.3 is 0 Å². The Bertz CT molecular complexity index is 661. The lowest BCUT2D eigenvalue weighted by atomic mass is 10.1. The van der Waals surface area contributed by atoms with E-state index in [0.717, 1.165) is 24.3 Å². The van der Waals surface area contributed by atoms with Crippen molar-refractivity contribution in [3.8, 4) is 0 Å². The van der Waals surface area contributed by atoms with E-state index in [1.54, 1.807) is 0 Å². The molecule has 0 spiro atoms. The number of hydrogen-bond donors (Lipinski definition) is 1. The van der Waals surface area contributed by atoms with E-state index in [0.29, 0.717) is 5.56 Å². The van der Waals surface area contributed by atoms with Crippen molar-refractivity contribution in [3.05, 3.63) is 70.0 Å². The van der Waals surface area contributed by atoms with Crippen molar-refractivity contribution in [3.63, 3.8) is 0 Å². The molecule has 104 valence electrons. The summed E-state index contributed by atoms with van der Waals surface area (Å²) in [5, 5.41) is 2.33. The fraction of sp³-hybridized carbons (Fsp3) is 0.0714. The summed E-state index contributed by atoms with van der Waals surface area (Å²) >= 11 is 5.59. The Morgan fingerprint density at radius 3 is 2.45 bits per heavy atom. The highest BCUT2D eigenvalue weighted by molar-refractivity contribution is 6.30. The molecule has 0 heterocycles. The maximum Gasteiger partial charge on any atom is 0.254 e. The van der Waals surface area contributed by atoms with Gasteiger partial charge in [0.25, 0.3) is 5.91 Å². The third-order valence-corrected chi connectivity index (χ3v) is 2.90. The third-order valence-electron chi connectivity index (χ3n) is 2.61. The number of halogens is 4. The molecule has 0 aliphatic heterocycles. The summed E-state index contributed by atoms with van der Waals surface area (Å²) in [7, 11) is 0. The molecule has 6 heteroatoms. The van der Waals surface area contributed by atoms with Gasteiger partial charge in [-0.3, -0.25) is 4.79 Å². The molecule has 2 rings (SSSR count). The maximum absolute atomic E-state index is 13.4. The van der Waals surface area contributed by atoms with Gasteiger partial charge < -0.3 is 5.32 Å². The lowest BCUT2D eigenvalue weighted by Crippen LogP contribution is -2.24. The molecule has 0 atom stereocenters. The molecule has 0 saturated carbocycles. The Morgan fingerprint density at radius 2 is 1.75 bits per heavy atom. The highest BCUT2D eigenvalue weighted by Crippen LogP contribution is 2.16. The van der Waals surface area contributed by atoms with Gasteiger partial charge in [-0.25, -0.2) is 13.2 Å². The fourth-order valence-electron chi connectivity index (χ4n) is 1.60. The van der Waals surface area contributed by atoms with Crippen LogP contribution in [0.5, 0.6) is 0 Å². The minimum atomic E-state index is -0.818. The van der Waals surface area contributed by atoms with Crippen LogP contribution in [0.1, 0.15) is 15.9 Å². The summed E-state index contributed by atoms with van der Waals surface area (Å²) in [6, 6.07) is 6.54. The van der Waals surface area contributed by atoms with E-state index >= 15 is 0 Å². The van der Waals surface area contributed by atoms with Crippen LogP contribution in [-0.4, -0.2) is 5.91 Å². The van der Waals surface area contributed by atoms with Crippen molar-refractivity contribution in [1.29, 1.82) is 0 Å². The van der Waals surface area contributed by atoms with Crippen LogP contribution in [-0.2, 0) is 6.54 Å². The maximum atomic E-state index is 13.4. The summed E-state index contributed by atoms with van der Waals surface area (Å²) in [6.45, 7) is 0.0226. The van der Waals surface area contributed by atoms with Gasteiger partial charge in [0, 0.05) is 6.54 Å². The Hall–Kier alpha value is -2.01. The topological polar surface area (TPSA) is 29.1 Å². The number of amides is 1. The average molecular weight is 300 g/mol. The van der Waals surface area contributed by atoms with Gasteiger partial charge in [0.15, 0.2) is 0 Å². The Kier molecular flexibility index (Phi) is 4.29. The molecule has 1 N–H and O–H groups in total. The van der Waals surface area contributed by atoms with Crippen molar-refractivity contribution >= 4 is 17.5 Å². The predicted octanol–water partition coefficient (Wildman–Crippen LogP) is 3.69. The van der Waals surface area contributed by atoms with E-state index in [4.69, 9.17) is 11.6 Å². The summed E-state index contributed by atoms with van der Waals surface area (Å²) in [5.41, 5.74) is 0.153. The standard InChI is InChI=1S/C14H9ClF3NO/c15-11-5-8(1-3-13(11)18)7-19-14(20)10-6-9(16)2-4-12(10)17/h1-6H,7H2,(H,19,20). The first-order chi connectivity index (χ1) is 9.47. The second kappa shape index (κ2) is 5.96. The second-order valence-corrected chi connectivity index (χ2v) is 4.46. The van der Waals surface area contributed by atoms with E-state index in [1.807, 2.05) is 0 Å². The lowest BCUT2D eigenvalue weighted by molar-refractivity contribution is 0.0946. The number of hydrogen-bond acceptors (Lipinski definition) is 1. The van der Waals surface area contributed by atoms with E-state index in [2.05, 4.69) is 5.32 Å². The van der Waals surface area contributed by atoms with Gasteiger partial charge in [-0.2, -0.15) is 0 Å². The van der Waals surface area contributed by atoms with Gasteiger partial charge in [0.2, 0.25) is 0 Å². The molecule has 2 nitrogen and oxygen atoms in total. The van der Waals surface area contributed by atoms with Crippen LogP contribution in [0.25, 0.3) is 0 Å². The highest BCUT2D eigenvalue weighted by Gasteiger charge is 2.12. The second-order valence-electron chi connectivity index (χ2n) is 4.06. The average Bonchev–Trinajstić information content (AvgIpc) is 2.42. The molecule has 1 amide bonds. The quantitative estimate of drug-likeness (QED) is 0.920. The number of carbonyl (C=O) groups is 1. The zero-order valence-corrected chi connectivity index (χ0v) is 10.8. The molecule has 2 aromatic carbocycles. The predicted molar refractivity (Wildman–Crippen MR) is 68.9 cm³/mol. The molecule has 2 aromatic rings. The van der Waals surface area contributed by atoms with Crippen molar-refractivity contribution < 1.29 is 18.0 Å². The van der Waals surface area contributed by atoms with Crippen molar-refractivity contribution in [2.24, 2.45) is 0 Å².